The summed E-state index contributed by atoms with van der Waals surface area (Å²) in [7, 11) is 0. The van der Waals surface area contributed by atoms with Gasteiger partial charge in [-0.3, -0.25) is 4.79 Å². The van der Waals surface area contributed by atoms with E-state index in [-0.39, 0.29) is 5.78 Å². The molecule has 0 atom stereocenters. The summed E-state index contributed by atoms with van der Waals surface area (Å²) >= 11 is 0. The highest BCUT2D eigenvalue weighted by atomic mass is 16.5. The molecule has 0 fully saturated rings. The second-order valence-electron chi connectivity index (χ2n) is 5.59. The Balaban J connectivity index is 2.80. The second kappa shape index (κ2) is 8.57. The third-order valence-corrected chi connectivity index (χ3v) is 3.04. The van der Waals surface area contributed by atoms with Gasteiger partial charge in [0.25, 0.3) is 0 Å². The highest BCUT2D eigenvalue weighted by Gasteiger charge is 2.06. The summed E-state index contributed by atoms with van der Waals surface area (Å²) in [6, 6.07) is 6.02. The fourth-order valence-electron chi connectivity index (χ4n) is 1.98. The molecule has 0 saturated heterocycles. The summed E-state index contributed by atoms with van der Waals surface area (Å²) in [5.74, 6) is 1.46. The number of para-hydroxylation sites is 1. The Bertz CT molecular complexity index is 458. The van der Waals surface area contributed by atoms with Gasteiger partial charge < -0.3 is 4.74 Å². The zero-order valence-corrected chi connectivity index (χ0v) is 13.1. The predicted molar refractivity (Wildman–Crippen MR) is 85.1 cm³/mol. The standard InChI is InChI=1S/C18H26O2/c1-5-6-12-20-18-15(4)8-7-9-16(18)10-11-17(19)13-14(2)3/h7-11,14H,5-6,12-13H2,1-4H3/b11-10-. The van der Waals surface area contributed by atoms with Crippen LogP contribution in [0, 0.1) is 12.8 Å². The fourth-order valence-corrected chi connectivity index (χ4v) is 1.98. The number of ether oxygens (including phenoxy) is 1. The molecule has 0 bridgehead atoms. The lowest BCUT2D eigenvalue weighted by atomic mass is 10.0. The molecule has 20 heavy (non-hydrogen) atoms. The van der Waals surface area contributed by atoms with Gasteiger partial charge in [-0.15, -0.1) is 0 Å². The Morgan fingerprint density at radius 3 is 2.75 bits per heavy atom. The smallest absolute Gasteiger partial charge is 0.155 e. The van der Waals surface area contributed by atoms with Gasteiger partial charge in [0.05, 0.1) is 6.61 Å². The topological polar surface area (TPSA) is 26.3 Å². The third kappa shape index (κ3) is 5.60. The first kappa shape index (κ1) is 16.5. The van der Waals surface area contributed by atoms with E-state index >= 15 is 0 Å². The molecule has 0 aliphatic heterocycles. The van der Waals surface area contributed by atoms with Gasteiger partial charge in [0.15, 0.2) is 5.78 Å². The maximum absolute atomic E-state index is 11.8. The van der Waals surface area contributed by atoms with Crippen LogP contribution in [0.3, 0.4) is 0 Å². The number of hydrogen-bond donors (Lipinski definition) is 0. The SMILES string of the molecule is CCCCOc1c(C)cccc1/C=C\C(=O)CC(C)C. The number of carbonyl (C=O) groups excluding carboxylic acids is 1. The summed E-state index contributed by atoms with van der Waals surface area (Å²) in [5.41, 5.74) is 2.10. The second-order valence-corrected chi connectivity index (χ2v) is 5.59. The molecule has 1 aromatic rings. The van der Waals surface area contributed by atoms with Gasteiger partial charge in [-0.05, 0) is 37.0 Å². The first-order valence-electron chi connectivity index (χ1n) is 7.48. The summed E-state index contributed by atoms with van der Waals surface area (Å²) in [6.07, 6.45) is 6.29. The number of ketones is 1. The molecule has 0 heterocycles. The van der Waals surface area contributed by atoms with Crippen molar-refractivity contribution in [3.05, 3.63) is 35.4 Å². The number of carbonyl (C=O) groups is 1. The Morgan fingerprint density at radius 1 is 1.35 bits per heavy atom. The highest BCUT2D eigenvalue weighted by Crippen LogP contribution is 2.25. The molecule has 0 aromatic heterocycles. The normalized spacial score (nSPS) is 11.2. The zero-order chi connectivity index (χ0) is 15.0. The number of unbranched alkanes of at least 4 members (excludes halogenated alkanes) is 1. The minimum absolute atomic E-state index is 0.168. The van der Waals surface area contributed by atoms with E-state index in [0.717, 1.165) is 36.3 Å². The molecular weight excluding hydrogens is 248 g/mol. The van der Waals surface area contributed by atoms with Crippen LogP contribution in [0.1, 0.15) is 51.2 Å². The number of allylic oxidation sites excluding steroid dienone is 1. The van der Waals surface area contributed by atoms with Crippen molar-refractivity contribution in [2.45, 2.75) is 47.0 Å². The summed E-state index contributed by atoms with van der Waals surface area (Å²) < 4.78 is 5.86. The summed E-state index contributed by atoms with van der Waals surface area (Å²) in [5, 5.41) is 0. The first-order chi connectivity index (χ1) is 9.54. The molecule has 1 rings (SSSR count). The maximum Gasteiger partial charge on any atom is 0.155 e. The van der Waals surface area contributed by atoms with Crippen LogP contribution in [0.4, 0.5) is 0 Å². The molecule has 0 aliphatic rings. The molecule has 2 heteroatoms. The number of hydrogen-bond acceptors (Lipinski definition) is 2. The highest BCUT2D eigenvalue weighted by molar-refractivity contribution is 5.94. The molecule has 2 nitrogen and oxygen atoms in total. The van der Waals surface area contributed by atoms with Gasteiger partial charge in [-0.2, -0.15) is 0 Å². The maximum atomic E-state index is 11.8. The van der Waals surface area contributed by atoms with Gasteiger partial charge in [-0.1, -0.05) is 45.4 Å². The molecule has 0 saturated carbocycles. The van der Waals surface area contributed by atoms with E-state index in [2.05, 4.69) is 20.8 Å². The summed E-state index contributed by atoms with van der Waals surface area (Å²) in [6.45, 7) is 9.01. The number of aryl methyl sites for hydroxylation is 1. The Kier molecular flexibility index (Phi) is 7.06. The number of benzene rings is 1. The van der Waals surface area contributed by atoms with Crippen molar-refractivity contribution in [3.8, 4) is 5.75 Å². The van der Waals surface area contributed by atoms with Crippen molar-refractivity contribution in [1.29, 1.82) is 0 Å². The first-order valence-corrected chi connectivity index (χ1v) is 7.48. The Hall–Kier alpha value is -1.57. The predicted octanol–water partition coefficient (Wildman–Crippen LogP) is 4.80. The van der Waals surface area contributed by atoms with E-state index in [9.17, 15) is 4.79 Å². The van der Waals surface area contributed by atoms with Gasteiger partial charge in [0.1, 0.15) is 5.75 Å². The van der Waals surface area contributed by atoms with Gasteiger partial charge >= 0.3 is 0 Å². The Morgan fingerprint density at radius 2 is 2.10 bits per heavy atom. The molecule has 0 aliphatic carbocycles. The molecule has 0 radical (unpaired) electrons. The van der Waals surface area contributed by atoms with Crippen LogP contribution >= 0.6 is 0 Å². The quantitative estimate of drug-likeness (QED) is 0.502. The molecular formula is C18H26O2. The average molecular weight is 274 g/mol. The Labute approximate surface area is 122 Å². The summed E-state index contributed by atoms with van der Waals surface area (Å²) in [4.78, 5) is 11.8. The molecule has 0 unspecified atom stereocenters. The molecule has 1 aromatic carbocycles. The fraction of sp³-hybridized carbons (Fsp3) is 0.500. The van der Waals surface area contributed by atoms with Crippen LogP contribution in [0.5, 0.6) is 5.75 Å². The van der Waals surface area contributed by atoms with Crippen LogP contribution in [-0.4, -0.2) is 12.4 Å². The van der Waals surface area contributed by atoms with Crippen LogP contribution < -0.4 is 4.74 Å². The minimum atomic E-state index is 0.168. The lowest BCUT2D eigenvalue weighted by Gasteiger charge is -2.11. The third-order valence-electron chi connectivity index (χ3n) is 3.04. The van der Waals surface area contributed by atoms with Crippen LogP contribution in [-0.2, 0) is 4.79 Å². The van der Waals surface area contributed by atoms with Crippen molar-refractivity contribution >= 4 is 11.9 Å². The van der Waals surface area contributed by atoms with Crippen molar-refractivity contribution < 1.29 is 9.53 Å². The van der Waals surface area contributed by atoms with E-state index < -0.39 is 0 Å². The van der Waals surface area contributed by atoms with Gasteiger partial charge in [0.2, 0.25) is 0 Å². The average Bonchev–Trinajstić information content (AvgIpc) is 2.38. The van der Waals surface area contributed by atoms with Crippen molar-refractivity contribution in [2.75, 3.05) is 6.61 Å². The van der Waals surface area contributed by atoms with Gasteiger partial charge in [0, 0.05) is 12.0 Å². The van der Waals surface area contributed by atoms with Crippen molar-refractivity contribution in [1.82, 2.24) is 0 Å². The monoisotopic (exact) mass is 274 g/mol. The van der Waals surface area contributed by atoms with E-state index in [4.69, 9.17) is 4.74 Å². The zero-order valence-electron chi connectivity index (χ0n) is 13.1. The molecule has 110 valence electrons. The minimum Gasteiger partial charge on any atom is -0.493 e. The van der Waals surface area contributed by atoms with Crippen molar-refractivity contribution in [3.63, 3.8) is 0 Å². The van der Waals surface area contributed by atoms with E-state index in [1.165, 1.54) is 0 Å². The van der Waals surface area contributed by atoms with Crippen LogP contribution in [0.25, 0.3) is 6.08 Å². The molecule has 0 amide bonds. The van der Waals surface area contributed by atoms with Crippen LogP contribution in [0.15, 0.2) is 24.3 Å². The van der Waals surface area contributed by atoms with Crippen molar-refractivity contribution in [2.24, 2.45) is 5.92 Å². The lowest BCUT2D eigenvalue weighted by molar-refractivity contribution is -0.115. The number of rotatable bonds is 8. The van der Waals surface area contributed by atoms with Gasteiger partial charge in [-0.25, -0.2) is 0 Å². The molecule has 0 N–H and O–H groups in total. The van der Waals surface area contributed by atoms with E-state index in [0.29, 0.717) is 12.3 Å². The van der Waals surface area contributed by atoms with Crippen LogP contribution in [0.2, 0.25) is 0 Å². The lowest BCUT2D eigenvalue weighted by Crippen LogP contribution is -2.01. The van der Waals surface area contributed by atoms with E-state index in [1.54, 1.807) is 6.08 Å². The van der Waals surface area contributed by atoms with E-state index in [1.807, 2.05) is 31.2 Å². The largest absolute Gasteiger partial charge is 0.493 e. The molecule has 0 spiro atoms.